The van der Waals surface area contributed by atoms with Crippen LogP contribution < -0.4 is 10.2 Å². The SMILES string of the molecule is CC(C)CCCCCCNCc1ccc2c(c1)CCN2C. The van der Waals surface area contributed by atoms with E-state index in [4.69, 9.17) is 0 Å². The molecule has 0 unspecified atom stereocenters. The monoisotopic (exact) mass is 288 g/mol. The van der Waals surface area contributed by atoms with Crippen molar-refractivity contribution in [3.8, 4) is 0 Å². The van der Waals surface area contributed by atoms with E-state index < -0.39 is 0 Å². The van der Waals surface area contributed by atoms with Gasteiger partial charge in [0.1, 0.15) is 0 Å². The van der Waals surface area contributed by atoms with Crippen LogP contribution in [0.3, 0.4) is 0 Å². The Morgan fingerprint density at radius 3 is 2.76 bits per heavy atom. The summed E-state index contributed by atoms with van der Waals surface area (Å²) in [5.74, 6) is 0.863. The molecule has 1 heterocycles. The number of benzene rings is 1. The van der Waals surface area contributed by atoms with E-state index in [9.17, 15) is 0 Å². The van der Waals surface area contributed by atoms with Gasteiger partial charge in [0, 0.05) is 25.8 Å². The molecule has 0 atom stereocenters. The Hall–Kier alpha value is -1.02. The van der Waals surface area contributed by atoms with Crippen LogP contribution in [0.15, 0.2) is 18.2 Å². The van der Waals surface area contributed by atoms with Gasteiger partial charge in [-0.3, -0.25) is 0 Å². The molecule has 0 fully saturated rings. The molecule has 1 aromatic rings. The number of hydrogen-bond donors (Lipinski definition) is 1. The van der Waals surface area contributed by atoms with Gasteiger partial charge in [-0.2, -0.15) is 0 Å². The predicted octanol–water partition coefficient (Wildman–Crippen LogP) is 4.38. The van der Waals surface area contributed by atoms with Crippen LogP contribution in [0.1, 0.15) is 57.1 Å². The van der Waals surface area contributed by atoms with Crippen LogP contribution in [0, 0.1) is 5.92 Å². The van der Waals surface area contributed by atoms with Gasteiger partial charge in [-0.15, -0.1) is 0 Å². The predicted molar refractivity (Wildman–Crippen MR) is 93.0 cm³/mol. The average molecular weight is 288 g/mol. The van der Waals surface area contributed by atoms with Crippen LogP contribution >= 0.6 is 0 Å². The van der Waals surface area contributed by atoms with Crippen molar-refractivity contribution in [1.29, 1.82) is 0 Å². The Balaban J connectivity index is 1.57. The van der Waals surface area contributed by atoms with Crippen LogP contribution in [0.2, 0.25) is 0 Å². The Labute approximate surface area is 130 Å². The molecule has 1 aliphatic heterocycles. The number of nitrogens with zero attached hydrogens (tertiary/aromatic N) is 1. The fourth-order valence-electron chi connectivity index (χ4n) is 3.12. The molecule has 0 radical (unpaired) electrons. The summed E-state index contributed by atoms with van der Waals surface area (Å²) < 4.78 is 0. The number of fused-ring (bicyclic) bond motifs is 1. The van der Waals surface area contributed by atoms with Crippen molar-refractivity contribution >= 4 is 5.69 Å². The van der Waals surface area contributed by atoms with E-state index in [0.717, 1.165) is 19.0 Å². The minimum atomic E-state index is 0.863. The lowest BCUT2D eigenvalue weighted by Gasteiger charge is -2.12. The molecule has 2 heteroatoms. The third-order valence-electron chi connectivity index (χ3n) is 4.49. The summed E-state index contributed by atoms with van der Waals surface area (Å²) in [5, 5.41) is 3.59. The molecule has 0 spiro atoms. The van der Waals surface area contributed by atoms with Gasteiger partial charge in [0.05, 0.1) is 0 Å². The molecule has 2 rings (SSSR count). The van der Waals surface area contributed by atoms with Gasteiger partial charge in [-0.1, -0.05) is 51.7 Å². The third-order valence-corrected chi connectivity index (χ3v) is 4.49. The molecule has 0 aromatic heterocycles. The molecule has 118 valence electrons. The first-order valence-corrected chi connectivity index (χ1v) is 8.70. The second-order valence-electron chi connectivity index (χ2n) is 6.91. The Morgan fingerprint density at radius 1 is 1.14 bits per heavy atom. The maximum Gasteiger partial charge on any atom is 0.0397 e. The molecule has 0 saturated carbocycles. The second-order valence-corrected chi connectivity index (χ2v) is 6.91. The lowest BCUT2D eigenvalue weighted by Crippen LogP contribution is -2.15. The highest BCUT2D eigenvalue weighted by molar-refractivity contribution is 5.58. The summed E-state index contributed by atoms with van der Waals surface area (Å²) in [4.78, 5) is 2.35. The van der Waals surface area contributed by atoms with Crippen LogP contribution in [0.5, 0.6) is 0 Å². The topological polar surface area (TPSA) is 15.3 Å². The zero-order chi connectivity index (χ0) is 15.1. The quantitative estimate of drug-likeness (QED) is 0.679. The number of unbranched alkanes of at least 4 members (excludes halogenated alkanes) is 3. The van der Waals surface area contributed by atoms with E-state index in [2.05, 4.69) is 49.3 Å². The molecule has 0 saturated heterocycles. The van der Waals surface area contributed by atoms with Gasteiger partial charge in [-0.25, -0.2) is 0 Å². The molecule has 0 bridgehead atoms. The van der Waals surface area contributed by atoms with Crippen LogP contribution in [0.25, 0.3) is 0 Å². The molecular weight excluding hydrogens is 256 g/mol. The maximum absolute atomic E-state index is 3.59. The van der Waals surface area contributed by atoms with Crippen LogP contribution in [-0.4, -0.2) is 20.1 Å². The van der Waals surface area contributed by atoms with E-state index in [1.54, 1.807) is 0 Å². The molecule has 1 aromatic carbocycles. The molecule has 0 amide bonds. The highest BCUT2D eigenvalue weighted by atomic mass is 15.1. The minimum absolute atomic E-state index is 0.863. The lowest BCUT2D eigenvalue weighted by atomic mass is 10.0. The van der Waals surface area contributed by atoms with Crippen molar-refractivity contribution in [1.82, 2.24) is 5.32 Å². The summed E-state index contributed by atoms with van der Waals surface area (Å²) >= 11 is 0. The van der Waals surface area contributed by atoms with E-state index >= 15 is 0 Å². The Kier molecular flexibility index (Phi) is 6.56. The zero-order valence-electron chi connectivity index (χ0n) is 14.1. The van der Waals surface area contributed by atoms with E-state index in [0.29, 0.717) is 0 Å². The first kappa shape index (κ1) is 16.4. The van der Waals surface area contributed by atoms with Crippen molar-refractivity contribution in [2.24, 2.45) is 5.92 Å². The molecule has 0 aliphatic carbocycles. The van der Waals surface area contributed by atoms with Gasteiger partial charge < -0.3 is 10.2 Å². The number of anilines is 1. The van der Waals surface area contributed by atoms with E-state index in [-0.39, 0.29) is 0 Å². The lowest BCUT2D eigenvalue weighted by molar-refractivity contribution is 0.512. The molecule has 1 aliphatic rings. The van der Waals surface area contributed by atoms with Crippen molar-refractivity contribution in [3.05, 3.63) is 29.3 Å². The van der Waals surface area contributed by atoms with Crippen molar-refractivity contribution < 1.29 is 0 Å². The van der Waals surface area contributed by atoms with E-state index in [1.165, 1.54) is 61.9 Å². The number of likely N-dealkylation sites (N-methyl/N-ethyl adjacent to an activating group) is 1. The van der Waals surface area contributed by atoms with Gasteiger partial charge in [-0.05, 0) is 42.5 Å². The molecular formula is C19H32N2. The van der Waals surface area contributed by atoms with Gasteiger partial charge >= 0.3 is 0 Å². The Morgan fingerprint density at radius 2 is 1.95 bits per heavy atom. The van der Waals surface area contributed by atoms with Crippen molar-refractivity contribution in [2.75, 3.05) is 25.0 Å². The maximum atomic E-state index is 3.59. The number of hydrogen-bond acceptors (Lipinski definition) is 2. The zero-order valence-corrected chi connectivity index (χ0v) is 14.1. The standard InChI is InChI=1S/C19H32N2/c1-16(2)8-6-4-5-7-12-20-15-17-9-10-19-18(14-17)11-13-21(19)3/h9-10,14,16,20H,4-8,11-13,15H2,1-3H3. The fraction of sp³-hybridized carbons (Fsp3) is 0.684. The largest absolute Gasteiger partial charge is 0.374 e. The summed E-state index contributed by atoms with van der Waals surface area (Å²) in [5.41, 5.74) is 4.37. The normalized spacial score (nSPS) is 14.0. The minimum Gasteiger partial charge on any atom is -0.374 e. The van der Waals surface area contributed by atoms with E-state index in [1.807, 2.05) is 0 Å². The third kappa shape index (κ3) is 5.35. The average Bonchev–Trinajstić information content (AvgIpc) is 2.82. The second kappa shape index (κ2) is 8.43. The van der Waals surface area contributed by atoms with Crippen molar-refractivity contribution in [3.63, 3.8) is 0 Å². The van der Waals surface area contributed by atoms with Gasteiger partial charge in [0.25, 0.3) is 0 Å². The fourth-order valence-corrected chi connectivity index (χ4v) is 3.12. The number of nitrogens with one attached hydrogen (secondary N) is 1. The number of rotatable bonds is 9. The molecule has 21 heavy (non-hydrogen) atoms. The van der Waals surface area contributed by atoms with Crippen molar-refractivity contribution in [2.45, 2.75) is 58.9 Å². The van der Waals surface area contributed by atoms with Crippen LogP contribution in [-0.2, 0) is 13.0 Å². The van der Waals surface area contributed by atoms with Gasteiger partial charge in [0.2, 0.25) is 0 Å². The molecule has 2 nitrogen and oxygen atoms in total. The summed E-state index contributed by atoms with van der Waals surface area (Å²) in [6.45, 7) is 7.97. The molecule has 1 N–H and O–H groups in total. The summed E-state index contributed by atoms with van der Waals surface area (Å²) in [7, 11) is 2.18. The summed E-state index contributed by atoms with van der Waals surface area (Å²) in [6.07, 6.45) is 8.06. The van der Waals surface area contributed by atoms with Crippen LogP contribution in [0.4, 0.5) is 5.69 Å². The Bertz CT molecular complexity index is 426. The highest BCUT2D eigenvalue weighted by Crippen LogP contribution is 2.27. The summed E-state index contributed by atoms with van der Waals surface area (Å²) in [6, 6.07) is 6.94. The van der Waals surface area contributed by atoms with Gasteiger partial charge in [0.15, 0.2) is 0 Å². The first-order valence-electron chi connectivity index (χ1n) is 8.70. The highest BCUT2D eigenvalue weighted by Gasteiger charge is 2.15. The first-order chi connectivity index (χ1) is 10.2. The smallest absolute Gasteiger partial charge is 0.0397 e.